The molecular formula is C41H30Cl7N11O6. The minimum Gasteiger partial charge on any atom is -0.366 e. The second kappa shape index (κ2) is 28.8. The lowest BCUT2D eigenvalue weighted by Crippen LogP contribution is -2.17. The number of primary amides is 1. The molecule has 0 unspecified atom stereocenters. The molecule has 0 radical (unpaired) electrons. The van der Waals surface area contributed by atoms with E-state index in [0.29, 0.717) is 60.5 Å². The fourth-order valence-corrected chi connectivity index (χ4v) is 4.56. The summed E-state index contributed by atoms with van der Waals surface area (Å²) < 4.78 is 2.72. The zero-order chi connectivity index (χ0) is 48.5. The zero-order valence-electron chi connectivity index (χ0n) is 32.7. The molecule has 65 heavy (non-hydrogen) atoms. The lowest BCUT2D eigenvalue weighted by atomic mass is 10.3. The number of hydrogen-bond acceptors (Lipinski definition) is 11. The molecule has 7 aromatic heterocycles. The van der Waals surface area contributed by atoms with Crippen LogP contribution in [0, 0.1) is 13.1 Å². The molecule has 0 saturated carbocycles. The van der Waals surface area contributed by atoms with Crippen molar-refractivity contribution in [2.24, 2.45) is 11.5 Å². The summed E-state index contributed by atoms with van der Waals surface area (Å²) in [4.78, 5) is 87.0. The van der Waals surface area contributed by atoms with Crippen LogP contribution in [0.4, 0.5) is 11.4 Å². The Kier molecular flexibility index (Phi) is 24.1. The van der Waals surface area contributed by atoms with E-state index in [1.165, 1.54) is 82.7 Å². The predicted octanol–water partition coefficient (Wildman–Crippen LogP) is 8.69. The van der Waals surface area contributed by atoms with E-state index in [-0.39, 0.29) is 18.1 Å². The van der Waals surface area contributed by atoms with E-state index < -0.39 is 16.4 Å². The van der Waals surface area contributed by atoms with E-state index in [2.05, 4.69) is 57.8 Å². The summed E-state index contributed by atoms with van der Waals surface area (Å²) in [7, 11) is 0. The minimum atomic E-state index is -1.14. The average molecular weight is 1020 g/mol. The summed E-state index contributed by atoms with van der Waals surface area (Å²) in [6.45, 7) is 13.8. The number of nitrogens with one attached hydrogen (secondary N) is 1. The number of H-pyrrole nitrogens is 1. The molecule has 0 aliphatic heterocycles. The van der Waals surface area contributed by atoms with Crippen molar-refractivity contribution in [1.29, 1.82) is 0 Å². The minimum absolute atomic E-state index is 0. The lowest BCUT2D eigenvalue weighted by Gasteiger charge is -2.05. The van der Waals surface area contributed by atoms with E-state index in [0.717, 1.165) is 5.56 Å². The molecule has 0 aromatic carbocycles. The smallest absolute Gasteiger partial charge is 0.304 e. The van der Waals surface area contributed by atoms with Crippen molar-refractivity contribution in [1.82, 2.24) is 34.1 Å². The van der Waals surface area contributed by atoms with E-state index in [1.807, 2.05) is 6.07 Å². The first-order valence-corrected chi connectivity index (χ1v) is 19.9. The van der Waals surface area contributed by atoms with Crippen molar-refractivity contribution in [3.63, 3.8) is 0 Å². The first kappa shape index (κ1) is 54.4. The number of aromatic amines is 1. The maximum Gasteiger partial charge on any atom is 0.304 e. The first-order chi connectivity index (χ1) is 30.9. The van der Waals surface area contributed by atoms with Gasteiger partial charge in [-0.2, -0.15) is 0 Å². The van der Waals surface area contributed by atoms with Gasteiger partial charge in [0.1, 0.15) is 21.9 Å². The molecule has 24 heteroatoms. The topological polar surface area (TPSA) is 240 Å². The van der Waals surface area contributed by atoms with Crippen LogP contribution in [0.3, 0.4) is 0 Å². The first-order valence-electron chi connectivity index (χ1n) is 17.3. The number of amides is 1. The number of nitrogens with two attached hydrogens (primary N) is 2. The maximum atomic E-state index is 11.6. The number of rotatable bonds is 5. The van der Waals surface area contributed by atoms with Crippen LogP contribution in [0.1, 0.15) is 17.3 Å². The summed E-state index contributed by atoms with van der Waals surface area (Å²) in [5.41, 5.74) is 12.1. The van der Waals surface area contributed by atoms with Crippen LogP contribution in [0.25, 0.3) is 21.3 Å². The zero-order valence-corrected chi connectivity index (χ0v) is 38.0. The molecule has 0 spiro atoms. The van der Waals surface area contributed by atoms with Gasteiger partial charge in [-0.1, -0.05) is 76.2 Å². The summed E-state index contributed by atoms with van der Waals surface area (Å²) in [6, 6.07) is 21.8. The fourth-order valence-electron chi connectivity index (χ4n) is 3.89. The molecule has 1 amide bonds. The summed E-state index contributed by atoms with van der Waals surface area (Å²) in [5, 5.41) is -0.0229. The summed E-state index contributed by atoms with van der Waals surface area (Å²) >= 11 is 36.9. The highest BCUT2D eigenvalue weighted by atomic mass is 35.5. The van der Waals surface area contributed by atoms with E-state index >= 15 is 0 Å². The lowest BCUT2D eigenvalue weighted by molar-refractivity contribution is -0.127. The largest absolute Gasteiger partial charge is 0.366 e. The number of hydrogen-bond donors (Lipinski definition) is 3. The van der Waals surface area contributed by atoms with Crippen LogP contribution >= 0.6 is 81.2 Å². The molecule has 7 heterocycles. The Labute approximate surface area is 404 Å². The van der Waals surface area contributed by atoms with Gasteiger partial charge in [0.05, 0.1) is 33.8 Å². The second-order valence-electron chi connectivity index (χ2n) is 11.4. The molecular weight excluding hydrogens is 991 g/mol. The molecule has 17 nitrogen and oxygen atoms in total. The third-order valence-electron chi connectivity index (χ3n) is 6.90. The molecule has 5 N–H and O–H groups in total. The number of pyridine rings is 7. The second-order valence-corrected chi connectivity index (χ2v) is 14.2. The standard InChI is InChI=1S/C11H6ClN3O.C11H10ClN3O.C6H5ClN2O.C6H3ClN2.C5H4ClNO.C2Cl2O2.H2/c1-13-9-3-4-10(14-6-9)15-7-8(12)2-5-11(15)16;12-9-2-4-11(16)15(7-9)10-3-1-8(5-13)6-14-10;7-5-2-1-4(3-9-5)6(8)10;1-8-5-2-3-6(7)9-4-5;6-4-1-2-5(8)7-3-4;3-1(5)2(4)6;/h2-7H;1-4,6-7H,5,13H2;1-3H,(H2,8,10);2-4H;1-3H,(H,7,8);;1H. The Bertz CT molecular complexity index is 2910. The molecule has 0 bridgehead atoms. The number of carbonyl (C=O) groups excluding carboxylic acids is 3. The van der Waals surface area contributed by atoms with Crippen molar-refractivity contribution < 1.29 is 15.8 Å². The van der Waals surface area contributed by atoms with Gasteiger partial charge in [-0.15, -0.1) is 0 Å². The van der Waals surface area contributed by atoms with Gasteiger partial charge in [-0.3, -0.25) is 47.9 Å². The van der Waals surface area contributed by atoms with Gasteiger partial charge in [-0.05, 0) is 77.3 Å². The van der Waals surface area contributed by atoms with E-state index in [4.69, 9.17) is 82.6 Å². The van der Waals surface area contributed by atoms with Crippen molar-refractivity contribution in [2.45, 2.75) is 6.54 Å². The summed E-state index contributed by atoms with van der Waals surface area (Å²) in [5.74, 6) is 0.480. The highest BCUT2D eigenvalue weighted by molar-refractivity contribution is 6.97. The molecule has 0 saturated heterocycles. The number of nitrogens with zero attached hydrogens (tertiary/aromatic N) is 8. The van der Waals surface area contributed by atoms with Crippen LogP contribution in [0.5, 0.6) is 0 Å². The average Bonchev–Trinajstić information content (AvgIpc) is 3.30. The Morgan fingerprint density at radius 3 is 1.40 bits per heavy atom. The van der Waals surface area contributed by atoms with Crippen LogP contribution in [-0.2, 0) is 16.1 Å². The molecule has 334 valence electrons. The van der Waals surface area contributed by atoms with Crippen molar-refractivity contribution in [2.75, 3.05) is 0 Å². The molecule has 0 aliphatic rings. The van der Waals surface area contributed by atoms with Gasteiger partial charge in [0.25, 0.3) is 11.1 Å². The van der Waals surface area contributed by atoms with Crippen LogP contribution in [0.2, 0.25) is 25.4 Å². The molecule has 0 atom stereocenters. The third kappa shape index (κ3) is 21.0. The molecule has 7 aromatic rings. The van der Waals surface area contributed by atoms with E-state index in [1.54, 1.807) is 48.7 Å². The Balaban J connectivity index is 0.000000408. The SMILES string of the molecule is NC(=O)c1ccc(Cl)nc1.NCc1ccc(-n2cc(Cl)ccc2=O)nc1.O=C(Cl)C(=O)Cl.O=c1ccc(Cl)c[nH]1.[C-]#[N+]c1ccc(-n2cc(Cl)ccc2=O)nc1.[C-]#[N+]c1ccc(Cl)nc1.[HH]. The van der Waals surface area contributed by atoms with Crippen molar-refractivity contribution >= 4 is 109 Å². The Morgan fingerprint density at radius 1 is 0.600 bits per heavy atom. The van der Waals surface area contributed by atoms with Crippen LogP contribution in [-0.4, -0.2) is 50.4 Å². The van der Waals surface area contributed by atoms with Gasteiger partial charge >= 0.3 is 10.5 Å². The Morgan fingerprint density at radius 2 is 1.06 bits per heavy atom. The molecule has 0 fully saturated rings. The normalized spacial score (nSPS) is 9.38. The van der Waals surface area contributed by atoms with Crippen LogP contribution < -0.4 is 28.1 Å². The van der Waals surface area contributed by atoms with E-state index in [9.17, 15) is 28.8 Å². The predicted molar refractivity (Wildman–Crippen MR) is 253 cm³/mol. The quantitative estimate of drug-likeness (QED) is 0.0638. The van der Waals surface area contributed by atoms with Crippen molar-refractivity contribution in [3.05, 3.63) is 219 Å². The van der Waals surface area contributed by atoms with Gasteiger partial charge in [0.2, 0.25) is 22.8 Å². The molecule has 7 rings (SSSR count). The maximum absolute atomic E-state index is 11.6. The fraction of sp³-hybridized carbons (Fsp3) is 0.0244. The van der Waals surface area contributed by atoms with Gasteiger partial charge in [0, 0.05) is 69.5 Å². The third-order valence-corrected chi connectivity index (χ3v) is 8.47. The molecule has 0 aliphatic carbocycles. The number of halogens is 7. The number of carbonyl (C=O) groups is 3. The van der Waals surface area contributed by atoms with Gasteiger partial charge < -0.3 is 16.5 Å². The van der Waals surface area contributed by atoms with Crippen LogP contribution in [0.15, 0.2) is 143 Å². The van der Waals surface area contributed by atoms with Crippen molar-refractivity contribution in [3.8, 4) is 11.6 Å². The highest BCUT2D eigenvalue weighted by Gasteiger charge is 2.04. The Hall–Kier alpha value is -6.77. The van der Waals surface area contributed by atoms with Gasteiger partial charge in [-0.25, -0.2) is 19.7 Å². The van der Waals surface area contributed by atoms with Gasteiger partial charge in [0.15, 0.2) is 0 Å². The summed E-state index contributed by atoms with van der Waals surface area (Å²) in [6.07, 6.45) is 10.3. The number of aromatic nitrogens is 7. The highest BCUT2D eigenvalue weighted by Crippen LogP contribution is 2.14. The monoisotopic (exact) mass is 1020 g/mol.